The molecule has 3 rings (SSSR count). The topological polar surface area (TPSA) is 86.1 Å². The van der Waals surface area contributed by atoms with Gasteiger partial charge in [-0.05, 0) is 30.2 Å². The molecule has 0 unspecified atom stereocenters. The molecular formula is C16H18N4O3. The van der Waals surface area contributed by atoms with Crippen molar-refractivity contribution in [3.8, 4) is 34.5 Å². The molecule has 0 amide bonds. The van der Waals surface area contributed by atoms with E-state index < -0.39 is 0 Å². The molecule has 0 aliphatic heterocycles. The van der Waals surface area contributed by atoms with E-state index in [0.717, 1.165) is 11.3 Å². The lowest BCUT2D eigenvalue weighted by Crippen LogP contribution is -1.91. The Bertz CT molecular complexity index is 807. The molecule has 0 atom stereocenters. The number of aromatic nitrogens is 4. The minimum absolute atomic E-state index is 0.351. The third kappa shape index (κ3) is 2.90. The van der Waals surface area contributed by atoms with Gasteiger partial charge in [-0.25, -0.2) is 0 Å². The van der Waals surface area contributed by atoms with E-state index in [1.54, 1.807) is 26.4 Å². The second-order valence-corrected chi connectivity index (χ2v) is 5.36. The van der Waals surface area contributed by atoms with Crippen LogP contribution in [0.15, 0.2) is 28.8 Å². The number of benzene rings is 1. The summed E-state index contributed by atoms with van der Waals surface area (Å²) in [5, 5.41) is 11.2. The predicted molar refractivity (Wildman–Crippen MR) is 84.5 cm³/mol. The molecule has 7 nitrogen and oxygen atoms in total. The predicted octanol–water partition coefficient (Wildman–Crippen LogP) is 3.27. The van der Waals surface area contributed by atoms with Crippen molar-refractivity contribution in [1.82, 2.24) is 20.3 Å². The largest absolute Gasteiger partial charge is 0.493 e. The molecular weight excluding hydrogens is 296 g/mol. The highest BCUT2D eigenvalue weighted by Gasteiger charge is 2.16. The lowest BCUT2D eigenvalue weighted by atomic mass is 10.1. The fraction of sp³-hybridized carbons (Fsp3) is 0.312. The van der Waals surface area contributed by atoms with Crippen molar-refractivity contribution in [2.75, 3.05) is 14.2 Å². The van der Waals surface area contributed by atoms with E-state index in [2.05, 4.69) is 34.2 Å². The normalized spacial score (nSPS) is 11.0. The second kappa shape index (κ2) is 6.12. The first kappa shape index (κ1) is 15.1. The van der Waals surface area contributed by atoms with Crippen LogP contribution in [0.4, 0.5) is 0 Å². The summed E-state index contributed by atoms with van der Waals surface area (Å²) in [6, 6.07) is 7.36. The Morgan fingerprint density at radius 2 is 1.87 bits per heavy atom. The highest BCUT2D eigenvalue weighted by molar-refractivity contribution is 5.62. The van der Waals surface area contributed by atoms with E-state index in [-0.39, 0.29) is 0 Å². The van der Waals surface area contributed by atoms with Gasteiger partial charge in [0.05, 0.1) is 14.2 Å². The van der Waals surface area contributed by atoms with E-state index in [0.29, 0.717) is 34.8 Å². The Kier molecular flexibility index (Phi) is 4.01. The molecule has 23 heavy (non-hydrogen) atoms. The first-order chi connectivity index (χ1) is 11.1. The van der Waals surface area contributed by atoms with E-state index in [4.69, 9.17) is 14.0 Å². The van der Waals surface area contributed by atoms with E-state index in [9.17, 15) is 0 Å². The Morgan fingerprint density at radius 3 is 2.52 bits per heavy atom. The van der Waals surface area contributed by atoms with E-state index in [1.807, 2.05) is 12.1 Å². The summed E-state index contributed by atoms with van der Waals surface area (Å²) < 4.78 is 15.8. The quantitative estimate of drug-likeness (QED) is 0.778. The van der Waals surface area contributed by atoms with Crippen LogP contribution in [0.1, 0.15) is 25.5 Å². The van der Waals surface area contributed by atoms with Crippen LogP contribution in [0, 0.1) is 0 Å². The SMILES string of the molecule is COc1ccc(-c2noc(-c3cc(C(C)C)[nH]n3)n2)cc1OC. The van der Waals surface area contributed by atoms with Crippen molar-refractivity contribution in [1.29, 1.82) is 0 Å². The van der Waals surface area contributed by atoms with Crippen molar-refractivity contribution in [2.45, 2.75) is 19.8 Å². The number of hydrogen-bond acceptors (Lipinski definition) is 6. The number of rotatable bonds is 5. The molecule has 0 saturated heterocycles. The molecule has 1 aromatic carbocycles. The molecule has 0 bridgehead atoms. The van der Waals surface area contributed by atoms with Crippen LogP contribution in [0.2, 0.25) is 0 Å². The summed E-state index contributed by atoms with van der Waals surface area (Å²) in [5.41, 5.74) is 2.43. The molecule has 0 radical (unpaired) electrons. The molecule has 0 aliphatic carbocycles. The van der Waals surface area contributed by atoms with Gasteiger partial charge in [0, 0.05) is 11.3 Å². The molecule has 0 spiro atoms. The average Bonchev–Trinajstić information content (AvgIpc) is 3.23. The van der Waals surface area contributed by atoms with Crippen LogP contribution < -0.4 is 9.47 Å². The van der Waals surface area contributed by atoms with Gasteiger partial charge in [-0.15, -0.1) is 0 Å². The number of ether oxygens (including phenoxy) is 2. The van der Waals surface area contributed by atoms with Crippen LogP contribution in [0.3, 0.4) is 0 Å². The third-order valence-corrected chi connectivity index (χ3v) is 3.51. The summed E-state index contributed by atoms with van der Waals surface area (Å²) in [6.45, 7) is 4.17. The maximum atomic E-state index is 5.31. The van der Waals surface area contributed by atoms with Crippen LogP contribution in [0.5, 0.6) is 11.5 Å². The van der Waals surface area contributed by atoms with Gasteiger partial charge in [0.15, 0.2) is 17.2 Å². The first-order valence-corrected chi connectivity index (χ1v) is 7.24. The summed E-state index contributed by atoms with van der Waals surface area (Å²) in [6.07, 6.45) is 0. The van der Waals surface area contributed by atoms with E-state index >= 15 is 0 Å². The number of methoxy groups -OCH3 is 2. The second-order valence-electron chi connectivity index (χ2n) is 5.36. The summed E-state index contributed by atoms with van der Waals surface area (Å²) in [4.78, 5) is 4.40. The van der Waals surface area contributed by atoms with Crippen LogP contribution in [0.25, 0.3) is 23.0 Å². The molecule has 120 valence electrons. The smallest absolute Gasteiger partial charge is 0.278 e. The minimum atomic E-state index is 0.351. The number of nitrogens with one attached hydrogen (secondary N) is 1. The fourth-order valence-electron chi connectivity index (χ4n) is 2.16. The molecule has 3 aromatic rings. The van der Waals surface area contributed by atoms with E-state index in [1.165, 1.54) is 0 Å². The maximum Gasteiger partial charge on any atom is 0.278 e. The van der Waals surface area contributed by atoms with Gasteiger partial charge in [-0.3, -0.25) is 5.10 Å². The van der Waals surface area contributed by atoms with Gasteiger partial charge >= 0.3 is 0 Å². The molecule has 0 fully saturated rings. The van der Waals surface area contributed by atoms with Gasteiger partial charge in [-0.2, -0.15) is 10.1 Å². The standard InChI is InChI=1S/C16H18N4O3/c1-9(2)11-8-12(19-18-11)16-17-15(20-23-16)10-5-6-13(21-3)14(7-10)22-4/h5-9H,1-4H3,(H,18,19). The van der Waals surface area contributed by atoms with Crippen LogP contribution in [-0.4, -0.2) is 34.6 Å². The molecule has 2 aromatic heterocycles. The van der Waals surface area contributed by atoms with Crippen molar-refractivity contribution < 1.29 is 14.0 Å². The zero-order valence-corrected chi connectivity index (χ0v) is 13.5. The van der Waals surface area contributed by atoms with Crippen LogP contribution >= 0.6 is 0 Å². The maximum absolute atomic E-state index is 5.31. The van der Waals surface area contributed by atoms with Crippen molar-refractivity contribution in [3.63, 3.8) is 0 Å². The van der Waals surface area contributed by atoms with Crippen molar-refractivity contribution in [3.05, 3.63) is 30.0 Å². The number of H-pyrrole nitrogens is 1. The lowest BCUT2D eigenvalue weighted by Gasteiger charge is -2.07. The molecule has 0 aliphatic rings. The number of hydrogen-bond donors (Lipinski definition) is 1. The monoisotopic (exact) mass is 314 g/mol. The van der Waals surface area contributed by atoms with Gasteiger partial charge in [-0.1, -0.05) is 19.0 Å². The van der Waals surface area contributed by atoms with Gasteiger partial charge in [0.2, 0.25) is 5.82 Å². The number of nitrogens with zero attached hydrogens (tertiary/aromatic N) is 3. The average molecular weight is 314 g/mol. The van der Waals surface area contributed by atoms with Gasteiger partial charge < -0.3 is 14.0 Å². The molecule has 1 N–H and O–H groups in total. The third-order valence-electron chi connectivity index (χ3n) is 3.51. The highest BCUT2D eigenvalue weighted by Crippen LogP contribution is 2.32. The summed E-state index contributed by atoms with van der Waals surface area (Å²) in [7, 11) is 3.17. The Hall–Kier alpha value is -2.83. The Balaban J connectivity index is 1.92. The highest BCUT2D eigenvalue weighted by atomic mass is 16.5. The zero-order chi connectivity index (χ0) is 16.4. The molecule has 2 heterocycles. The lowest BCUT2D eigenvalue weighted by molar-refractivity contribution is 0.355. The fourth-order valence-corrected chi connectivity index (χ4v) is 2.16. The molecule has 7 heteroatoms. The number of aromatic amines is 1. The summed E-state index contributed by atoms with van der Waals surface area (Å²) in [5.74, 6) is 2.45. The van der Waals surface area contributed by atoms with Crippen molar-refractivity contribution in [2.24, 2.45) is 0 Å². The zero-order valence-electron chi connectivity index (χ0n) is 13.5. The first-order valence-electron chi connectivity index (χ1n) is 7.24. The minimum Gasteiger partial charge on any atom is -0.493 e. The van der Waals surface area contributed by atoms with Crippen molar-refractivity contribution >= 4 is 0 Å². The summed E-state index contributed by atoms with van der Waals surface area (Å²) >= 11 is 0. The van der Waals surface area contributed by atoms with Crippen LogP contribution in [-0.2, 0) is 0 Å². The van der Waals surface area contributed by atoms with Gasteiger partial charge in [0.1, 0.15) is 0 Å². The van der Waals surface area contributed by atoms with Gasteiger partial charge in [0.25, 0.3) is 5.89 Å². The Morgan fingerprint density at radius 1 is 1.09 bits per heavy atom. The molecule has 0 saturated carbocycles. The Labute approximate surface area is 133 Å².